The fourth-order valence-corrected chi connectivity index (χ4v) is 4.13. The van der Waals surface area contributed by atoms with E-state index in [2.05, 4.69) is 5.32 Å². The monoisotopic (exact) mass is 444 g/mol. The molecular formula is C27H28N2O4. The van der Waals surface area contributed by atoms with Crippen molar-refractivity contribution in [2.45, 2.75) is 6.42 Å². The van der Waals surface area contributed by atoms with Crippen LogP contribution in [0.25, 0.3) is 11.1 Å². The SMILES string of the molecule is COc1ccccc1-c1ccccc1C[C@H]1CN(C(=O)COc2ccccc2)CCNC1=O. The van der Waals surface area contributed by atoms with Crippen LogP contribution >= 0.6 is 0 Å². The van der Waals surface area contributed by atoms with E-state index in [1.807, 2.05) is 78.9 Å². The van der Waals surface area contributed by atoms with Gasteiger partial charge in [-0.25, -0.2) is 0 Å². The minimum absolute atomic E-state index is 0.0379. The van der Waals surface area contributed by atoms with Crippen molar-refractivity contribution < 1.29 is 19.1 Å². The topological polar surface area (TPSA) is 67.9 Å². The van der Waals surface area contributed by atoms with Gasteiger partial charge in [0.2, 0.25) is 5.91 Å². The molecule has 0 radical (unpaired) electrons. The van der Waals surface area contributed by atoms with Gasteiger partial charge in [-0.3, -0.25) is 9.59 Å². The molecule has 1 fully saturated rings. The zero-order valence-corrected chi connectivity index (χ0v) is 18.7. The lowest BCUT2D eigenvalue weighted by atomic mass is 9.91. The van der Waals surface area contributed by atoms with E-state index in [0.29, 0.717) is 31.8 Å². The molecule has 0 aromatic heterocycles. The molecule has 2 amide bonds. The Hall–Kier alpha value is -3.80. The van der Waals surface area contributed by atoms with E-state index in [-0.39, 0.29) is 24.3 Å². The van der Waals surface area contributed by atoms with Crippen LogP contribution in [-0.2, 0) is 16.0 Å². The van der Waals surface area contributed by atoms with Gasteiger partial charge in [-0.2, -0.15) is 0 Å². The normalized spacial score (nSPS) is 16.0. The molecule has 3 aromatic carbocycles. The predicted molar refractivity (Wildman–Crippen MR) is 127 cm³/mol. The summed E-state index contributed by atoms with van der Waals surface area (Å²) in [4.78, 5) is 27.4. The molecule has 1 N–H and O–H groups in total. The molecule has 0 bridgehead atoms. The molecule has 4 rings (SSSR count). The van der Waals surface area contributed by atoms with Crippen LogP contribution in [0.15, 0.2) is 78.9 Å². The molecule has 33 heavy (non-hydrogen) atoms. The maximum absolute atomic E-state index is 12.8. The van der Waals surface area contributed by atoms with Crippen LogP contribution < -0.4 is 14.8 Å². The van der Waals surface area contributed by atoms with Gasteiger partial charge in [-0.05, 0) is 35.7 Å². The molecular weight excluding hydrogens is 416 g/mol. The smallest absolute Gasteiger partial charge is 0.260 e. The lowest BCUT2D eigenvalue weighted by Crippen LogP contribution is -2.39. The van der Waals surface area contributed by atoms with Crippen molar-refractivity contribution >= 4 is 11.8 Å². The molecule has 1 saturated heterocycles. The minimum Gasteiger partial charge on any atom is -0.496 e. The predicted octanol–water partition coefficient (Wildman–Crippen LogP) is 3.56. The zero-order valence-electron chi connectivity index (χ0n) is 18.7. The Morgan fingerprint density at radius 3 is 2.45 bits per heavy atom. The summed E-state index contributed by atoms with van der Waals surface area (Å²) in [5.74, 6) is 0.911. The first-order chi connectivity index (χ1) is 16.2. The number of ether oxygens (including phenoxy) is 2. The Morgan fingerprint density at radius 1 is 0.970 bits per heavy atom. The highest BCUT2D eigenvalue weighted by Crippen LogP contribution is 2.33. The average molecular weight is 445 g/mol. The van der Waals surface area contributed by atoms with Gasteiger partial charge >= 0.3 is 0 Å². The number of hydrogen-bond acceptors (Lipinski definition) is 4. The Morgan fingerprint density at radius 2 is 1.67 bits per heavy atom. The maximum atomic E-state index is 12.8. The summed E-state index contributed by atoms with van der Waals surface area (Å²) in [6.45, 7) is 1.19. The minimum atomic E-state index is -0.357. The summed E-state index contributed by atoms with van der Waals surface area (Å²) in [7, 11) is 1.65. The summed E-state index contributed by atoms with van der Waals surface area (Å²) < 4.78 is 11.2. The summed E-state index contributed by atoms with van der Waals surface area (Å²) >= 11 is 0. The van der Waals surface area contributed by atoms with Crippen LogP contribution in [0.3, 0.4) is 0 Å². The van der Waals surface area contributed by atoms with E-state index in [1.54, 1.807) is 12.0 Å². The third-order valence-electron chi connectivity index (χ3n) is 5.83. The second-order valence-corrected chi connectivity index (χ2v) is 7.99. The second-order valence-electron chi connectivity index (χ2n) is 7.99. The lowest BCUT2D eigenvalue weighted by Gasteiger charge is -2.24. The van der Waals surface area contributed by atoms with Gasteiger partial charge in [0.15, 0.2) is 6.61 Å². The van der Waals surface area contributed by atoms with Gasteiger partial charge < -0.3 is 19.7 Å². The molecule has 6 nitrogen and oxygen atoms in total. The van der Waals surface area contributed by atoms with E-state index >= 15 is 0 Å². The number of methoxy groups -OCH3 is 1. The lowest BCUT2D eigenvalue weighted by molar-refractivity contribution is -0.134. The molecule has 1 heterocycles. The average Bonchev–Trinajstić information content (AvgIpc) is 3.05. The number of hydrogen-bond donors (Lipinski definition) is 1. The van der Waals surface area contributed by atoms with Crippen LogP contribution in [0, 0.1) is 5.92 Å². The number of nitrogens with zero attached hydrogens (tertiary/aromatic N) is 1. The molecule has 0 aliphatic carbocycles. The number of rotatable bonds is 7. The van der Waals surface area contributed by atoms with Gasteiger partial charge in [0.25, 0.3) is 5.91 Å². The standard InChI is InChI=1S/C27H28N2O4/c1-32-25-14-8-7-13-24(25)23-12-6-5-9-20(23)17-21-18-29(16-15-28-27(21)31)26(30)19-33-22-10-3-2-4-11-22/h2-14,21H,15-19H2,1H3,(H,28,31)/t21-/m0/s1. The summed E-state index contributed by atoms with van der Waals surface area (Å²) in [5.41, 5.74) is 3.04. The second kappa shape index (κ2) is 10.7. The van der Waals surface area contributed by atoms with Crippen LogP contribution in [0.2, 0.25) is 0 Å². The van der Waals surface area contributed by atoms with Gasteiger partial charge in [-0.1, -0.05) is 60.7 Å². The Kier molecular flexibility index (Phi) is 7.25. The van der Waals surface area contributed by atoms with E-state index in [4.69, 9.17) is 9.47 Å². The maximum Gasteiger partial charge on any atom is 0.260 e. The van der Waals surface area contributed by atoms with Gasteiger partial charge in [0.05, 0.1) is 13.0 Å². The van der Waals surface area contributed by atoms with Crippen molar-refractivity contribution in [3.8, 4) is 22.6 Å². The Bertz CT molecular complexity index is 1100. The van der Waals surface area contributed by atoms with Crippen molar-refractivity contribution in [1.29, 1.82) is 0 Å². The summed E-state index contributed by atoms with van der Waals surface area (Å²) in [6, 6.07) is 25.1. The van der Waals surface area contributed by atoms with E-state index < -0.39 is 0 Å². The molecule has 1 aliphatic heterocycles. The van der Waals surface area contributed by atoms with E-state index in [9.17, 15) is 9.59 Å². The molecule has 1 atom stereocenters. The van der Waals surface area contributed by atoms with Gasteiger partial charge in [0.1, 0.15) is 11.5 Å². The van der Waals surface area contributed by atoms with E-state index in [1.165, 1.54) is 0 Å². The zero-order chi connectivity index (χ0) is 23.0. The number of benzene rings is 3. The van der Waals surface area contributed by atoms with Crippen molar-refractivity contribution in [2.75, 3.05) is 33.4 Å². The van der Waals surface area contributed by atoms with E-state index in [0.717, 1.165) is 22.4 Å². The molecule has 0 saturated carbocycles. The highest BCUT2D eigenvalue weighted by molar-refractivity contribution is 5.83. The molecule has 0 spiro atoms. The Balaban J connectivity index is 1.50. The summed E-state index contributed by atoms with van der Waals surface area (Å²) in [5, 5.41) is 2.96. The first kappa shape index (κ1) is 22.4. The van der Waals surface area contributed by atoms with Crippen LogP contribution in [0.1, 0.15) is 5.56 Å². The molecule has 6 heteroatoms. The first-order valence-electron chi connectivity index (χ1n) is 11.1. The number of amides is 2. The molecule has 0 unspecified atom stereocenters. The first-order valence-corrected chi connectivity index (χ1v) is 11.1. The van der Waals surface area contributed by atoms with Crippen molar-refractivity contribution in [3.63, 3.8) is 0 Å². The van der Waals surface area contributed by atoms with Crippen molar-refractivity contribution in [3.05, 3.63) is 84.4 Å². The van der Waals surface area contributed by atoms with Crippen LogP contribution in [0.4, 0.5) is 0 Å². The molecule has 1 aliphatic rings. The quantitative estimate of drug-likeness (QED) is 0.605. The van der Waals surface area contributed by atoms with Crippen LogP contribution in [-0.4, -0.2) is 50.1 Å². The highest BCUT2D eigenvalue weighted by atomic mass is 16.5. The van der Waals surface area contributed by atoms with Gasteiger partial charge in [-0.15, -0.1) is 0 Å². The van der Waals surface area contributed by atoms with Crippen molar-refractivity contribution in [1.82, 2.24) is 10.2 Å². The third-order valence-corrected chi connectivity index (χ3v) is 5.83. The Labute approximate surface area is 194 Å². The van der Waals surface area contributed by atoms with Gasteiger partial charge in [0, 0.05) is 25.2 Å². The summed E-state index contributed by atoms with van der Waals surface area (Å²) in [6.07, 6.45) is 0.517. The number of nitrogens with one attached hydrogen (secondary N) is 1. The molecule has 3 aromatic rings. The number of para-hydroxylation sites is 2. The fraction of sp³-hybridized carbons (Fsp3) is 0.259. The highest BCUT2D eigenvalue weighted by Gasteiger charge is 2.28. The fourth-order valence-electron chi connectivity index (χ4n) is 4.13. The number of carbonyl (C=O) groups excluding carboxylic acids is 2. The number of carbonyl (C=O) groups is 2. The molecule has 170 valence electrons. The van der Waals surface area contributed by atoms with Crippen LogP contribution in [0.5, 0.6) is 11.5 Å². The largest absolute Gasteiger partial charge is 0.496 e. The van der Waals surface area contributed by atoms with Crippen molar-refractivity contribution in [2.24, 2.45) is 5.92 Å². The third kappa shape index (κ3) is 5.52.